The number of nitrogens with zero attached hydrogens (tertiary/aromatic N) is 1. The van der Waals surface area contributed by atoms with Crippen LogP contribution in [0.3, 0.4) is 0 Å². The minimum atomic E-state index is -0.562. The molecule has 6 nitrogen and oxygen atoms in total. The smallest absolute Gasteiger partial charge is 0.314 e. The van der Waals surface area contributed by atoms with E-state index in [0.717, 1.165) is 4.47 Å². The molecular weight excluding hydrogens is 342 g/mol. The lowest BCUT2D eigenvalue weighted by molar-refractivity contribution is -0.385. The van der Waals surface area contributed by atoms with Gasteiger partial charge in [0.2, 0.25) is 0 Å². The Morgan fingerprint density at radius 1 is 1.19 bits per heavy atom. The Hall–Kier alpha value is -2.41. The third kappa shape index (κ3) is 3.38. The van der Waals surface area contributed by atoms with Gasteiger partial charge < -0.3 is 9.47 Å². The summed E-state index contributed by atoms with van der Waals surface area (Å²) in [6.07, 6.45) is 0.651. The van der Waals surface area contributed by atoms with E-state index in [0.29, 0.717) is 17.6 Å². The zero-order valence-electron chi connectivity index (χ0n) is 10.9. The molecule has 0 fully saturated rings. The number of halogens is 1. The van der Waals surface area contributed by atoms with Crippen LogP contribution in [0.1, 0.15) is 10.4 Å². The van der Waals surface area contributed by atoms with Crippen LogP contribution in [0.5, 0.6) is 17.2 Å². The zero-order valence-corrected chi connectivity index (χ0v) is 12.5. The summed E-state index contributed by atoms with van der Waals surface area (Å²) in [6, 6.07) is 9.12. The molecule has 21 heavy (non-hydrogen) atoms. The van der Waals surface area contributed by atoms with Crippen molar-refractivity contribution in [2.75, 3.05) is 7.11 Å². The maximum Gasteiger partial charge on any atom is 0.314 e. The number of rotatable bonds is 5. The second-order valence-electron chi connectivity index (χ2n) is 3.99. The first kappa shape index (κ1) is 15.0. The van der Waals surface area contributed by atoms with Crippen molar-refractivity contribution in [3.05, 3.63) is 56.5 Å². The molecule has 0 aliphatic rings. The Morgan fingerprint density at radius 3 is 2.52 bits per heavy atom. The van der Waals surface area contributed by atoms with E-state index in [2.05, 4.69) is 15.9 Å². The molecule has 0 saturated carbocycles. The normalized spacial score (nSPS) is 10.0. The first-order chi connectivity index (χ1) is 10.0. The number of ether oxygens (including phenoxy) is 2. The Balaban J connectivity index is 2.38. The first-order valence-electron chi connectivity index (χ1n) is 5.80. The van der Waals surface area contributed by atoms with E-state index in [1.165, 1.54) is 25.3 Å². The molecule has 0 aliphatic carbocycles. The fraction of sp³-hybridized carbons (Fsp3) is 0.0714. The number of nitro benzene ring substituents is 1. The summed E-state index contributed by atoms with van der Waals surface area (Å²) in [6.45, 7) is 0. The lowest BCUT2D eigenvalue weighted by Gasteiger charge is -2.09. The first-order valence-corrected chi connectivity index (χ1v) is 6.59. The van der Waals surface area contributed by atoms with Crippen LogP contribution in [0.2, 0.25) is 0 Å². The topological polar surface area (TPSA) is 78.7 Å². The van der Waals surface area contributed by atoms with Crippen molar-refractivity contribution in [1.82, 2.24) is 0 Å². The van der Waals surface area contributed by atoms with E-state index in [9.17, 15) is 14.9 Å². The van der Waals surface area contributed by atoms with Crippen LogP contribution in [-0.2, 0) is 0 Å². The van der Waals surface area contributed by atoms with Crippen molar-refractivity contribution in [3.8, 4) is 17.2 Å². The van der Waals surface area contributed by atoms with Gasteiger partial charge in [0.25, 0.3) is 0 Å². The molecule has 0 radical (unpaired) electrons. The molecule has 7 heteroatoms. The third-order valence-electron chi connectivity index (χ3n) is 2.67. The minimum Gasteiger partial charge on any atom is -0.490 e. The maximum absolute atomic E-state index is 11.0. The molecule has 2 rings (SSSR count). The van der Waals surface area contributed by atoms with E-state index in [-0.39, 0.29) is 17.2 Å². The molecule has 0 N–H and O–H groups in total. The molecule has 0 bridgehead atoms. The second-order valence-corrected chi connectivity index (χ2v) is 4.91. The monoisotopic (exact) mass is 351 g/mol. The summed E-state index contributed by atoms with van der Waals surface area (Å²) in [4.78, 5) is 21.4. The quantitative estimate of drug-likeness (QED) is 0.462. The van der Waals surface area contributed by atoms with Crippen molar-refractivity contribution in [1.29, 1.82) is 0 Å². The highest BCUT2D eigenvalue weighted by atomic mass is 79.9. The van der Waals surface area contributed by atoms with Crippen LogP contribution in [0.4, 0.5) is 5.69 Å². The summed E-state index contributed by atoms with van der Waals surface area (Å²) in [5.41, 5.74) is 0.127. The number of carbonyl (C=O) groups is 1. The van der Waals surface area contributed by atoms with Gasteiger partial charge in [-0.05, 0) is 30.3 Å². The van der Waals surface area contributed by atoms with Gasteiger partial charge >= 0.3 is 5.69 Å². The number of benzene rings is 2. The van der Waals surface area contributed by atoms with Crippen LogP contribution in [0.25, 0.3) is 0 Å². The second kappa shape index (κ2) is 6.36. The van der Waals surface area contributed by atoms with Crippen molar-refractivity contribution in [3.63, 3.8) is 0 Å². The molecule has 0 atom stereocenters. The zero-order chi connectivity index (χ0) is 15.4. The van der Waals surface area contributed by atoms with Gasteiger partial charge in [-0.1, -0.05) is 15.9 Å². The Kier molecular flexibility index (Phi) is 4.54. The Bertz CT molecular complexity index is 702. The van der Waals surface area contributed by atoms with E-state index in [1.807, 2.05) is 0 Å². The van der Waals surface area contributed by atoms with Gasteiger partial charge in [0.1, 0.15) is 11.5 Å². The molecular formula is C14H10BrNO5. The van der Waals surface area contributed by atoms with Crippen molar-refractivity contribution < 1.29 is 19.2 Å². The average molecular weight is 352 g/mol. The molecule has 0 aliphatic heterocycles. The summed E-state index contributed by atoms with van der Waals surface area (Å²) < 4.78 is 11.2. The third-order valence-corrected chi connectivity index (χ3v) is 3.17. The maximum atomic E-state index is 11.0. The Labute approximate surface area is 128 Å². The highest BCUT2D eigenvalue weighted by Crippen LogP contribution is 2.34. The van der Waals surface area contributed by atoms with E-state index >= 15 is 0 Å². The molecule has 0 saturated heterocycles. The fourth-order valence-corrected chi connectivity index (χ4v) is 2.09. The largest absolute Gasteiger partial charge is 0.490 e. The summed E-state index contributed by atoms with van der Waals surface area (Å²) in [5, 5.41) is 11.0. The van der Waals surface area contributed by atoms with Gasteiger partial charge in [-0.15, -0.1) is 0 Å². The molecule has 0 spiro atoms. The molecule has 0 unspecified atom stereocenters. The molecule has 108 valence electrons. The van der Waals surface area contributed by atoms with E-state index in [1.54, 1.807) is 18.2 Å². The molecule has 0 aromatic heterocycles. The summed E-state index contributed by atoms with van der Waals surface area (Å²) in [7, 11) is 1.35. The van der Waals surface area contributed by atoms with Gasteiger partial charge in [0.05, 0.1) is 23.7 Å². The number of carbonyl (C=O) groups excluding carboxylic acids is 1. The minimum absolute atomic E-state index is 0.138. The van der Waals surface area contributed by atoms with Crippen molar-refractivity contribution in [2.45, 2.75) is 0 Å². The SMILES string of the molecule is COc1ccc(Oc2ccc(Br)cc2C=O)cc1[N+](=O)[O-]. The molecule has 0 amide bonds. The van der Waals surface area contributed by atoms with Gasteiger partial charge in [0.15, 0.2) is 12.0 Å². The van der Waals surface area contributed by atoms with Crippen LogP contribution < -0.4 is 9.47 Å². The lowest BCUT2D eigenvalue weighted by atomic mass is 10.2. The van der Waals surface area contributed by atoms with Crippen molar-refractivity contribution >= 4 is 27.9 Å². The van der Waals surface area contributed by atoms with Gasteiger partial charge in [-0.3, -0.25) is 14.9 Å². The number of nitro groups is 1. The molecule has 2 aromatic rings. The van der Waals surface area contributed by atoms with E-state index in [4.69, 9.17) is 9.47 Å². The summed E-state index contributed by atoms with van der Waals surface area (Å²) >= 11 is 3.25. The number of methoxy groups -OCH3 is 1. The number of aldehydes is 1. The summed E-state index contributed by atoms with van der Waals surface area (Å²) in [5.74, 6) is 0.694. The van der Waals surface area contributed by atoms with Crippen LogP contribution in [0, 0.1) is 10.1 Å². The molecule has 2 aromatic carbocycles. The highest BCUT2D eigenvalue weighted by Gasteiger charge is 2.16. The number of hydrogen-bond donors (Lipinski definition) is 0. The molecule has 0 heterocycles. The average Bonchev–Trinajstić information content (AvgIpc) is 2.48. The van der Waals surface area contributed by atoms with Gasteiger partial charge in [-0.25, -0.2) is 0 Å². The van der Waals surface area contributed by atoms with Crippen molar-refractivity contribution in [2.24, 2.45) is 0 Å². The fourth-order valence-electron chi connectivity index (χ4n) is 1.71. The van der Waals surface area contributed by atoms with Crippen LogP contribution >= 0.6 is 15.9 Å². The highest BCUT2D eigenvalue weighted by molar-refractivity contribution is 9.10. The standard InChI is InChI=1S/C14H10BrNO5/c1-20-14-5-3-11(7-12(14)16(18)19)21-13-4-2-10(15)6-9(13)8-17/h2-8H,1H3. The Morgan fingerprint density at radius 2 is 1.90 bits per heavy atom. The van der Waals surface area contributed by atoms with Gasteiger partial charge in [-0.2, -0.15) is 0 Å². The predicted octanol–water partition coefficient (Wildman–Crippen LogP) is 3.97. The van der Waals surface area contributed by atoms with Crippen LogP contribution in [-0.4, -0.2) is 18.3 Å². The van der Waals surface area contributed by atoms with Crippen LogP contribution in [0.15, 0.2) is 40.9 Å². The van der Waals surface area contributed by atoms with E-state index < -0.39 is 4.92 Å². The van der Waals surface area contributed by atoms with Gasteiger partial charge in [0, 0.05) is 4.47 Å². The number of hydrogen-bond acceptors (Lipinski definition) is 5. The lowest BCUT2D eigenvalue weighted by Crippen LogP contribution is -1.95. The predicted molar refractivity (Wildman–Crippen MR) is 79.3 cm³/mol.